The van der Waals surface area contributed by atoms with Crippen molar-refractivity contribution in [2.45, 2.75) is 29.7 Å². The number of aromatic hydroxyl groups is 1. The largest absolute Gasteiger partial charge is 0.493 e. The predicted octanol–water partition coefficient (Wildman–Crippen LogP) is 2.50. The quantitative estimate of drug-likeness (QED) is 0.271. The Bertz CT molecular complexity index is 1680. The van der Waals surface area contributed by atoms with E-state index in [0.29, 0.717) is 35.4 Å². The van der Waals surface area contributed by atoms with Gasteiger partial charge in [0.05, 0.1) is 28.1 Å². The summed E-state index contributed by atoms with van der Waals surface area (Å²) in [7, 11) is 0. The fourth-order valence-electron chi connectivity index (χ4n) is 4.29. The van der Waals surface area contributed by atoms with Crippen molar-refractivity contribution in [3.8, 4) is 5.88 Å². The maximum atomic E-state index is 12.9. The first-order chi connectivity index (χ1) is 18.7. The number of halogens is 1. The molecule has 0 atom stereocenters. The molecule has 1 aromatic carbocycles. The summed E-state index contributed by atoms with van der Waals surface area (Å²) in [5, 5.41) is 13.4. The van der Waals surface area contributed by atoms with Crippen LogP contribution in [-0.4, -0.2) is 55.0 Å². The van der Waals surface area contributed by atoms with Crippen LogP contribution < -0.4 is 27.1 Å². The van der Waals surface area contributed by atoms with Crippen molar-refractivity contribution in [3.05, 3.63) is 74.3 Å². The summed E-state index contributed by atoms with van der Waals surface area (Å²) in [5.74, 6) is -1.25. The molecule has 0 spiro atoms. The van der Waals surface area contributed by atoms with Gasteiger partial charge in [0.1, 0.15) is 0 Å². The molecule has 0 radical (unpaired) electrons. The molecule has 3 aromatic heterocycles. The highest BCUT2D eigenvalue weighted by atomic mass is 35.5. The highest BCUT2D eigenvalue weighted by Gasteiger charge is 2.30. The number of hydrogen-bond acceptors (Lipinski definition) is 10. The number of nitrogens with one attached hydrogen (secondary N) is 2. The van der Waals surface area contributed by atoms with Crippen molar-refractivity contribution < 1.29 is 9.90 Å². The highest BCUT2D eigenvalue weighted by Crippen LogP contribution is 2.37. The summed E-state index contributed by atoms with van der Waals surface area (Å²) < 4.78 is 1.10. The molecular formula is C25H25ClN8O4S. The van der Waals surface area contributed by atoms with Gasteiger partial charge in [-0.2, -0.15) is 4.98 Å². The molecule has 1 fully saturated rings. The van der Waals surface area contributed by atoms with Crippen molar-refractivity contribution in [1.29, 1.82) is 0 Å². The minimum absolute atomic E-state index is 0.0748. The number of amides is 1. The van der Waals surface area contributed by atoms with Crippen molar-refractivity contribution in [2.75, 3.05) is 29.9 Å². The molecule has 12 nitrogen and oxygen atoms in total. The standard InChI is InChI=1S/C25H25ClN8O4S/c1-25(13-27)5-8-33(9-6-25)20-23(37)32-17(12-29-20)39-15-4-2-3-14(19(15)26)30-21(35)18-22(36)31-16-11-28-7-10-34(16)24(18)38/h2-4,7,10-12,36H,5-6,8-9,13,27H2,1H3,(H,30,35)(H,32,37). The molecule has 0 unspecified atom stereocenters. The van der Waals surface area contributed by atoms with Crippen LogP contribution in [0.5, 0.6) is 5.88 Å². The minimum atomic E-state index is -0.882. The van der Waals surface area contributed by atoms with E-state index in [2.05, 4.69) is 32.2 Å². The Morgan fingerprint density at radius 2 is 2.05 bits per heavy atom. The molecule has 5 rings (SSSR count). The molecule has 4 heterocycles. The number of H-pyrrole nitrogens is 1. The number of hydrogen-bond donors (Lipinski definition) is 4. The number of rotatable bonds is 6. The number of nitrogens with zero attached hydrogens (tertiary/aromatic N) is 5. The second-order valence-electron chi connectivity index (χ2n) is 9.50. The summed E-state index contributed by atoms with van der Waals surface area (Å²) in [6.07, 6.45) is 7.32. The molecule has 1 aliphatic rings. The zero-order valence-electron chi connectivity index (χ0n) is 20.8. The smallest absolute Gasteiger partial charge is 0.291 e. The lowest BCUT2D eigenvalue weighted by atomic mass is 9.80. The number of carbonyl (C=O) groups excluding carboxylic acids is 1. The lowest BCUT2D eigenvalue weighted by molar-refractivity contribution is 0.102. The molecule has 0 saturated carbocycles. The number of carbonyl (C=O) groups is 1. The third kappa shape index (κ3) is 5.33. The maximum absolute atomic E-state index is 12.9. The van der Waals surface area contributed by atoms with Crippen LogP contribution >= 0.6 is 23.4 Å². The van der Waals surface area contributed by atoms with Crippen molar-refractivity contribution in [2.24, 2.45) is 11.1 Å². The summed E-state index contributed by atoms with van der Waals surface area (Å²) >= 11 is 7.72. The van der Waals surface area contributed by atoms with Gasteiger partial charge in [-0.3, -0.25) is 23.8 Å². The minimum Gasteiger partial charge on any atom is -0.493 e. The monoisotopic (exact) mass is 568 g/mol. The molecular weight excluding hydrogens is 544 g/mol. The summed E-state index contributed by atoms with van der Waals surface area (Å²) in [4.78, 5) is 56.0. The van der Waals surface area contributed by atoms with E-state index < -0.39 is 22.9 Å². The number of benzene rings is 1. The summed E-state index contributed by atoms with van der Waals surface area (Å²) in [6.45, 7) is 4.16. The molecule has 14 heteroatoms. The Hall–Kier alpha value is -3.94. The first kappa shape index (κ1) is 26.7. The molecule has 1 saturated heterocycles. The van der Waals surface area contributed by atoms with Gasteiger partial charge in [0, 0.05) is 30.4 Å². The van der Waals surface area contributed by atoms with Gasteiger partial charge in [-0.1, -0.05) is 36.4 Å². The number of fused-ring (bicyclic) bond motifs is 1. The van der Waals surface area contributed by atoms with Gasteiger partial charge in [-0.25, -0.2) is 4.98 Å². The molecule has 4 aromatic rings. The van der Waals surface area contributed by atoms with Gasteiger partial charge in [0.2, 0.25) is 5.88 Å². The molecule has 202 valence electrons. The predicted molar refractivity (Wildman–Crippen MR) is 148 cm³/mol. The van der Waals surface area contributed by atoms with Gasteiger partial charge in [0.15, 0.2) is 17.0 Å². The average Bonchev–Trinajstić information content (AvgIpc) is 2.92. The first-order valence-corrected chi connectivity index (χ1v) is 13.3. The SMILES string of the molecule is CC1(CN)CCN(c2ncc(Sc3cccc(NC(=O)c4c(O)nc5cnccn5c4=O)c3Cl)[nH]c2=O)CC1. The average molecular weight is 569 g/mol. The Morgan fingerprint density at radius 1 is 1.28 bits per heavy atom. The Kier molecular flexibility index (Phi) is 7.30. The topological polar surface area (TPSA) is 172 Å². The number of aromatic amines is 1. The van der Waals surface area contributed by atoms with E-state index in [-0.39, 0.29) is 27.3 Å². The summed E-state index contributed by atoms with van der Waals surface area (Å²) in [5.41, 5.74) is 4.64. The van der Waals surface area contributed by atoms with Crippen LogP contribution in [-0.2, 0) is 0 Å². The van der Waals surface area contributed by atoms with Crippen LogP contribution in [0.2, 0.25) is 5.02 Å². The van der Waals surface area contributed by atoms with Crippen LogP contribution in [0.4, 0.5) is 11.5 Å². The molecule has 1 aliphatic heterocycles. The van der Waals surface area contributed by atoms with Crippen LogP contribution in [0.3, 0.4) is 0 Å². The molecule has 0 bridgehead atoms. The number of piperidine rings is 1. The van der Waals surface area contributed by atoms with Crippen molar-refractivity contribution in [3.63, 3.8) is 0 Å². The summed E-state index contributed by atoms with van der Waals surface area (Å²) in [6, 6.07) is 4.92. The Balaban J connectivity index is 1.34. The number of nitrogens with two attached hydrogens (primary N) is 1. The van der Waals surface area contributed by atoms with Crippen LogP contribution in [0.1, 0.15) is 30.1 Å². The van der Waals surface area contributed by atoms with E-state index >= 15 is 0 Å². The van der Waals surface area contributed by atoms with Gasteiger partial charge in [-0.15, -0.1) is 0 Å². The molecule has 5 N–H and O–H groups in total. The number of anilines is 2. The lowest BCUT2D eigenvalue weighted by Crippen LogP contribution is -2.44. The number of aromatic nitrogens is 5. The highest BCUT2D eigenvalue weighted by molar-refractivity contribution is 7.99. The second kappa shape index (κ2) is 10.7. The van der Waals surface area contributed by atoms with Gasteiger partial charge in [0.25, 0.3) is 17.0 Å². The first-order valence-electron chi connectivity index (χ1n) is 12.1. The van der Waals surface area contributed by atoms with E-state index in [4.69, 9.17) is 17.3 Å². The van der Waals surface area contributed by atoms with Gasteiger partial charge in [-0.05, 0) is 36.9 Å². The van der Waals surface area contributed by atoms with Crippen molar-refractivity contribution >= 4 is 46.4 Å². The van der Waals surface area contributed by atoms with Crippen LogP contribution in [0, 0.1) is 5.41 Å². The van der Waals surface area contributed by atoms with E-state index in [9.17, 15) is 19.5 Å². The lowest BCUT2D eigenvalue weighted by Gasteiger charge is -2.38. The van der Waals surface area contributed by atoms with Crippen molar-refractivity contribution in [1.82, 2.24) is 24.3 Å². The Morgan fingerprint density at radius 3 is 2.77 bits per heavy atom. The fraction of sp³-hybridized carbons (Fsp3) is 0.280. The second-order valence-corrected chi connectivity index (χ2v) is 11.0. The zero-order valence-corrected chi connectivity index (χ0v) is 22.4. The van der Waals surface area contributed by atoms with E-state index in [1.54, 1.807) is 24.4 Å². The third-order valence-electron chi connectivity index (χ3n) is 6.78. The van der Waals surface area contributed by atoms with E-state index in [1.807, 2.05) is 4.90 Å². The van der Waals surface area contributed by atoms with Gasteiger partial charge >= 0.3 is 0 Å². The van der Waals surface area contributed by atoms with Gasteiger partial charge < -0.3 is 26.0 Å². The maximum Gasteiger partial charge on any atom is 0.291 e. The Labute approximate surface area is 231 Å². The molecule has 0 aliphatic carbocycles. The molecule has 39 heavy (non-hydrogen) atoms. The van der Waals surface area contributed by atoms with Crippen LogP contribution in [0.15, 0.2) is 62.5 Å². The normalized spacial score (nSPS) is 14.9. The fourth-order valence-corrected chi connectivity index (χ4v) is 5.42. The van der Waals surface area contributed by atoms with E-state index in [0.717, 1.165) is 29.0 Å². The zero-order chi connectivity index (χ0) is 27.7. The van der Waals surface area contributed by atoms with Crippen LogP contribution in [0.25, 0.3) is 5.65 Å². The van der Waals surface area contributed by atoms with E-state index in [1.165, 1.54) is 18.6 Å². The molecule has 1 amide bonds. The third-order valence-corrected chi connectivity index (χ3v) is 8.29.